The van der Waals surface area contributed by atoms with Gasteiger partial charge in [-0.15, -0.1) is 0 Å². The zero-order valence-corrected chi connectivity index (χ0v) is 13.9. The van der Waals surface area contributed by atoms with E-state index in [4.69, 9.17) is 0 Å². The van der Waals surface area contributed by atoms with Gasteiger partial charge in [0.1, 0.15) is 5.75 Å². The standard InChI is InChI=1S/C14H28N2O3S/c1-5-15(6-2)20(18,19)11-14(17)16-10-12(3)8-7-9-13(16)4/h12-13H,5-11H2,1-4H3/t12-,13+/m0/s1. The normalized spacial score (nSPS) is 24.8. The molecule has 6 heteroatoms. The number of nitrogens with zero attached hydrogens (tertiary/aromatic N) is 2. The number of carbonyl (C=O) groups is 1. The van der Waals surface area contributed by atoms with Gasteiger partial charge < -0.3 is 4.90 Å². The summed E-state index contributed by atoms with van der Waals surface area (Å²) >= 11 is 0. The van der Waals surface area contributed by atoms with Crippen LogP contribution in [0.2, 0.25) is 0 Å². The van der Waals surface area contributed by atoms with E-state index in [-0.39, 0.29) is 11.9 Å². The molecular weight excluding hydrogens is 276 g/mol. The van der Waals surface area contributed by atoms with Crippen LogP contribution >= 0.6 is 0 Å². The fraction of sp³-hybridized carbons (Fsp3) is 0.929. The molecule has 0 N–H and O–H groups in total. The van der Waals surface area contributed by atoms with Crippen LogP contribution in [0.25, 0.3) is 0 Å². The van der Waals surface area contributed by atoms with Crippen LogP contribution < -0.4 is 0 Å². The molecule has 1 amide bonds. The van der Waals surface area contributed by atoms with Crippen molar-refractivity contribution in [1.82, 2.24) is 9.21 Å². The molecule has 0 radical (unpaired) electrons. The van der Waals surface area contributed by atoms with E-state index in [2.05, 4.69) is 6.92 Å². The lowest BCUT2D eigenvalue weighted by atomic mass is 10.1. The van der Waals surface area contributed by atoms with E-state index in [9.17, 15) is 13.2 Å². The van der Waals surface area contributed by atoms with Gasteiger partial charge in [0.2, 0.25) is 15.9 Å². The van der Waals surface area contributed by atoms with Gasteiger partial charge in [-0.1, -0.05) is 27.2 Å². The van der Waals surface area contributed by atoms with Crippen molar-refractivity contribution in [3.05, 3.63) is 0 Å². The summed E-state index contributed by atoms with van der Waals surface area (Å²) in [5.41, 5.74) is 0. The van der Waals surface area contributed by atoms with Crippen molar-refractivity contribution >= 4 is 15.9 Å². The van der Waals surface area contributed by atoms with Crippen molar-refractivity contribution in [2.45, 2.75) is 53.0 Å². The molecule has 0 aromatic heterocycles. The molecule has 1 heterocycles. The molecular formula is C14H28N2O3S. The number of carbonyl (C=O) groups excluding carboxylic acids is 1. The lowest BCUT2D eigenvalue weighted by molar-refractivity contribution is -0.130. The molecule has 1 rings (SSSR count). The van der Waals surface area contributed by atoms with Gasteiger partial charge in [-0.05, 0) is 25.7 Å². The van der Waals surface area contributed by atoms with Gasteiger partial charge in [-0.3, -0.25) is 4.79 Å². The van der Waals surface area contributed by atoms with Crippen LogP contribution in [-0.4, -0.2) is 55.0 Å². The topological polar surface area (TPSA) is 57.7 Å². The first-order valence-corrected chi connectivity index (χ1v) is 9.20. The highest BCUT2D eigenvalue weighted by atomic mass is 32.2. The molecule has 2 atom stereocenters. The first-order chi connectivity index (χ1) is 9.31. The Labute approximate surface area is 123 Å². The Balaban J connectivity index is 2.78. The summed E-state index contributed by atoms with van der Waals surface area (Å²) in [6.45, 7) is 9.23. The monoisotopic (exact) mass is 304 g/mol. The predicted octanol–water partition coefficient (Wildman–Crippen LogP) is 1.70. The van der Waals surface area contributed by atoms with Crippen LogP contribution in [0.4, 0.5) is 0 Å². The molecule has 1 fully saturated rings. The molecule has 1 aliphatic heterocycles. The number of hydrogen-bond donors (Lipinski definition) is 0. The van der Waals surface area contributed by atoms with Crippen molar-refractivity contribution in [3.8, 4) is 0 Å². The van der Waals surface area contributed by atoms with Crippen LogP contribution in [0.15, 0.2) is 0 Å². The highest BCUT2D eigenvalue weighted by Gasteiger charge is 2.30. The number of likely N-dealkylation sites (tertiary alicyclic amines) is 1. The largest absolute Gasteiger partial charge is 0.339 e. The average molecular weight is 304 g/mol. The third-order valence-electron chi connectivity index (χ3n) is 4.08. The van der Waals surface area contributed by atoms with Crippen LogP contribution in [0.3, 0.4) is 0 Å². The molecule has 0 aromatic rings. The highest BCUT2D eigenvalue weighted by molar-refractivity contribution is 7.89. The second-order valence-corrected chi connectivity index (χ2v) is 7.74. The second kappa shape index (κ2) is 7.41. The lowest BCUT2D eigenvalue weighted by Gasteiger charge is -2.29. The van der Waals surface area contributed by atoms with E-state index in [1.165, 1.54) is 4.31 Å². The molecule has 0 bridgehead atoms. The molecule has 118 valence electrons. The Kier molecular flexibility index (Phi) is 6.45. The lowest BCUT2D eigenvalue weighted by Crippen LogP contribution is -2.45. The maximum Gasteiger partial charge on any atom is 0.239 e. The van der Waals surface area contributed by atoms with Gasteiger partial charge >= 0.3 is 0 Å². The fourth-order valence-corrected chi connectivity index (χ4v) is 4.27. The molecule has 1 aliphatic rings. The third-order valence-corrected chi connectivity index (χ3v) is 6.00. The van der Waals surface area contributed by atoms with Gasteiger partial charge in [-0.2, -0.15) is 0 Å². The van der Waals surface area contributed by atoms with Gasteiger partial charge in [0, 0.05) is 25.7 Å². The fourth-order valence-electron chi connectivity index (χ4n) is 2.82. The minimum absolute atomic E-state index is 0.138. The van der Waals surface area contributed by atoms with Crippen molar-refractivity contribution in [1.29, 1.82) is 0 Å². The smallest absolute Gasteiger partial charge is 0.239 e. The highest BCUT2D eigenvalue weighted by Crippen LogP contribution is 2.21. The van der Waals surface area contributed by atoms with Crippen LogP contribution in [0.1, 0.15) is 47.0 Å². The molecule has 20 heavy (non-hydrogen) atoms. The molecule has 0 aromatic carbocycles. The Morgan fingerprint density at radius 1 is 1.20 bits per heavy atom. The Hall–Kier alpha value is -0.620. The van der Waals surface area contributed by atoms with E-state index < -0.39 is 15.8 Å². The third kappa shape index (κ3) is 4.45. The Morgan fingerprint density at radius 2 is 1.80 bits per heavy atom. The molecule has 0 saturated carbocycles. The predicted molar refractivity (Wildman–Crippen MR) is 80.9 cm³/mol. The van der Waals surface area contributed by atoms with Gasteiger partial charge in [-0.25, -0.2) is 12.7 Å². The number of rotatable bonds is 5. The van der Waals surface area contributed by atoms with E-state index in [1.54, 1.807) is 18.7 Å². The first-order valence-electron chi connectivity index (χ1n) is 7.59. The minimum Gasteiger partial charge on any atom is -0.339 e. The quantitative estimate of drug-likeness (QED) is 0.777. The summed E-state index contributed by atoms with van der Waals surface area (Å²) in [6.07, 6.45) is 3.17. The second-order valence-electron chi connectivity index (χ2n) is 5.77. The molecule has 5 nitrogen and oxygen atoms in total. The maximum atomic E-state index is 12.4. The van der Waals surface area contributed by atoms with E-state index in [0.29, 0.717) is 25.6 Å². The Bertz CT molecular complexity index is 418. The summed E-state index contributed by atoms with van der Waals surface area (Å²) in [5, 5.41) is 0. The average Bonchev–Trinajstić information content (AvgIpc) is 2.51. The Morgan fingerprint density at radius 3 is 2.35 bits per heavy atom. The zero-order chi connectivity index (χ0) is 15.3. The van der Waals surface area contributed by atoms with Crippen LogP contribution in [0, 0.1) is 5.92 Å². The van der Waals surface area contributed by atoms with E-state index >= 15 is 0 Å². The first kappa shape index (κ1) is 17.4. The summed E-state index contributed by atoms with van der Waals surface area (Å²) < 4.78 is 25.8. The SMILES string of the molecule is CCN(CC)S(=O)(=O)CC(=O)N1C[C@@H](C)CCC[C@H]1C. The summed E-state index contributed by atoms with van der Waals surface area (Å²) in [5.74, 6) is -0.204. The van der Waals surface area contributed by atoms with Crippen molar-refractivity contribution in [2.24, 2.45) is 5.92 Å². The summed E-state index contributed by atoms with van der Waals surface area (Å²) in [4.78, 5) is 14.1. The van der Waals surface area contributed by atoms with Crippen molar-refractivity contribution in [3.63, 3.8) is 0 Å². The molecule has 0 unspecified atom stereocenters. The summed E-state index contributed by atoms with van der Waals surface area (Å²) in [6, 6.07) is 0.138. The maximum absolute atomic E-state index is 12.4. The van der Waals surface area contributed by atoms with Gasteiger partial charge in [0.25, 0.3) is 0 Å². The minimum atomic E-state index is -3.48. The van der Waals surface area contributed by atoms with Gasteiger partial charge in [0.05, 0.1) is 0 Å². The van der Waals surface area contributed by atoms with Gasteiger partial charge in [0.15, 0.2) is 0 Å². The summed E-state index contributed by atoms with van der Waals surface area (Å²) in [7, 11) is -3.48. The van der Waals surface area contributed by atoms with E-state index in [0.717, 1.165) is 19.3 Å². The van der Waals surface area contributed by atoms with Crippen LogP contribution in [0.5, 0.6) is 0 Å². The zero-order valence-electron chi connectivity index (χ0n) is 13.1. The molecule has 1 saturated heterocycles. The van der Waals surface area contributed by atoms with Crippen molar-refractivity contribution in [2.75, 3.05) is 25.4 Å². The molecule has 0 aliphatic carbocycles. The van der Waals surface area contributed by atoms with E-state index in [1.807, 2.05) is 6.92 Å². The van der Waals surface area contributed by atoms with Crippen molar-refractivity contribution < 1.29 is 13.2 Å². The van der Waals surface area contributed by atoms with Crippen LogP contribution in [-0.2, 0) is 14.8 Å². The number of amides is 1. The molecule has 0 spiro atoms. The number of sulfonamides is 1. The number of hydrogen-bond acceptors (Lipinski definition) is 3.